The number of benzene rings is 1. The van der Waals surface area contributed by atoms with Crippen molar-refractivity contribution in [3.05, 3.63) is 39.9 Å². The summed E-state index contributed by atoms with van der Waals surface area (Å²) < 4.78 is 16.5. The topological polar surface area (TPSA) is 88.6 Å². The maximum absolute atomic E-state index is 14.7. The van der Waals surface area contributed by atoms with Gasteiger partial charge >= 0.3 is 5.97 Å². The number of fused-ring (bicyclic) bond motifs is 1. The number of halogens is 1. The van der Waals surface area contributed by atoms with Gasteiger partial charge in [-0.05, 0) is 38.3 Å². The number of carbonyl (C=O) groups is 1. The van der Waals surface area contributed by atoms with Crippen molar-refractivity contribution in [3.8, 4) is 0 Å². The fourth-order valence-electron chi connectivity index (χ4n) is 3.60. The quantitative estimate of drug-likeness (QED) is 0.889. The minimum Gasteiger partial charge on any atom is -0.477 e. The Morgan fingerprint density at radius 3 is 2.68 bits per heavy atom. The molecular formula is C18H20FN3O3. The Bertz CT molecular complexity index is 947. The molecule has 3 N–H and O–H groups in total. The number of carboxylic acid groups (broad SMARTS) is 1. The molecule has 0 spiro atoms. The Balaban J connectivity index is 1.93. The Hall–Kier alpha value is -2.41. The molecule has 1 atom stereocenters. The van der Waals surface area contributed by atoms with E-state index in [0.717, 1.165) is 19.3 Å². The van der Waals surface area contributed by atoms with E-state index in [1.165, 1.54) is 12.3 Å². The summed E-state index contributed by atoms with van der Waals surface area (Å²) in [5.41, 5.74) is 5.82. The van der Waals surface area contributed by atoms with Crippen molar-refractivity contribution in [1.29, 1.82) is 0 Å². The average molecular weight is 345 g/mol. The van der Waals surface area contributed by atoms with E-state index in [2.05, 4.69) is 0 Å². The lowest BCUT2D eigenvalue weighted by Gasteiger charge is -2.23. The van der Waals surface area contributed by atoms with Gasteiger partial charge in [0.1, 0.15) is 11.4 Å². The van der Waals surface area contributed by atoms with Gasteiger partial charge in [-0.25, -0.2) is 9.18 Å². The highest BCUT2D eigenvalue weighted by atomic mass is 19.1. The van der Waals surface area contributed by atoms with Crippen molar-refractivity contribution in [2.24, 2.45) is 5.73 Å². The van der Waals surface area contributed by atoms with E-state index in [4.69, 9.17) is 5.73 Å². The number of pyridine rings is 1. The van der Waals surface area contributed by atoms with Crippen LogP contribution in [0.25, 0.3) is 10.9 Å². The van der Waals surface area contributed by atoms with Crippen molar-refractivity contribution in [2.75, 3.05) is 18.0 Å². The van der Waals surface area contributed by atoms with Crippen LogP contribution in [0.4, 0.5) is 10.1 Å². The van der Waals surface area contributed by atoms with Crippen molar-refractivity contribution in [2.45, 2.75) is 37.8 Å². The lowest BCUT2D eigenvalue weighted by Crippen LogP contribution is -2.39. The summed E-state index contributed by atoms with van der Waals surface area (Å²) in [7, 11) is 0. The zero-order valence-electron chi connectivity index (χ0n) is 14.0. The third kappa shape index (κ3) is 2.68. The monoisotopic (exact) mass is 345 g/mol. The lowest BCUT2D eigenvalue weighted by atomic mass is 10.0. The summed E-state index contributed by atoms with van der Waals surface area (Å²) in [6.07, 6.45) is 4.00. The van der Waals surface area contributed by atoms with Crippen molar-refractivity contribution in [3.63, 3.8) is 0 Å². The molecular weight excluding hydrogens is 325 g/mol. The maximum atomic E-state index is 14.7. The standard InChI is InChI=1S/C18H20FN3O3/c1-18(20)4-5-21(9-18)15-7-14-11(6-13(15)19)16(23)12(17(24)25)8-22(14)10-2-3-10/h6-8,10H,2-5,9,20H2,1H3,(H,24,25). The first-order valence-corrected chi connectivity index (χ1v) is 8.42. The second-order valence-electron chi connectivity index (χ2n) is 7.46. The maximum Gasteiger partial charge on any atom is 0.341 e. The summed E-state index contributed by atoms with van der Waals surface area (Å²) in [6.45, 7) is 3.12. The first kappa shape index (κ1) is 16.1. The Labute approximate surface area is 143 Å². The molecule has 0 bridgehead atoms. The molecule has 2 aromatic rings. The van der Waals surface area contributed by atoms with Crippen LogP contribution in [0.1, 0.15) is 42.6 Å². The normalized spacial score (nSPS) is 23.4. The SMILES string of the molecule is CC1(N)CCN(c2cc3c(cc2F)c(=O)c(C(=O)O)cn3C2CC2)C1. The number of aromatic nitrogens is 1. The average Bonchev–Trinajstić information content (AvgIpc) is 3.31. The van der Waals surface area contributed by atoms with Crippen LogP contribution in [-0.4, -0.2) is 34.3 Å². The smallest absolute Gasteiger partial charge is 0.341 e. The van der Waals surface area contributed by atoms with Gasteiger partial charge in [0, 0.05) is 36.3 Å². The molecule has 1 aliphatic heterocycles. The molecule has 1 aliphatic carbocycles. The summed E-state index contributed by atoms with van der Waals surface area (Å²) in [5.74, 6) is -1.81. The largest absolute Gasteiger partial charge is 0.477 e. The number of nitrogens with two attached hydrogens (primary N) is 1. The molecule has 4 rings (SSSR count). The minimum absolute atomic E-state index is 0.114. The number of aromatic carboxylic acids is 1. The second kappa shape index (κ2) is 5.29. The molecule has 1 unspecified atom stereocenters. The van der Waals surface area contributed by atoms with Crippen molar-refractivity contribution < 1.29 is 14.3 Å². The van der Waals surface area contributed by atoms with E-state index in [1.54, 1.807) is 10.6 Å². The van der Waals surface area contributed by atoms with Crippen LogP contribution in [0, 0.1) is 5.82 Å². The minimum atomic E-state index is -1.29. The fourth-order valence-corrected chi connectivity index (χ4v) is 3.60. The predicted molar refractivity (Wildman–Crippen MR) is 92.8 cm³/mol. The molecule has 2 heterocycles. The van der Waals surface area contributed by atoms with Gasteiger partial charge in [0.15, 0.2) is 0 Å². The van der Waals surface area contributed by atoms with E-state index in [1.807, 2.05) is 11.8 Å². The van der Waals surface area contributed by atoms with Crippen LogP contribution in [0.2, 0.25) is 0 Å². The van der Waals surface area contributed by atoms with E-state index in [9.17, 15) is 19.1 Å². The van der Waals surface area contributed by atoms with Gasteiger partial charge in [-0.3, -0.25) is 4.79 Å². The zero-order valence-corrected chi connectivity index (χ0v) is 14.0. The highest BCUT2D eigenvalue weighted by Crippen LogP contribution is 2.38. The van der Waals surface area contributed by atoms with E-state index >= 15 is 0 Å². The van der Waals surface area contributed by atoms with E-state index in [0.29, 0.717) is 24.3 Å². The van der Waals surface area contributed by atoms with Gasteiger partial charge in [-0.2, -0.15) is 0 Å². The van der Waals surface area contributed by atoms with Crippen LogP contribution >= 0.6 is 0 Å². The predicted octanol–water partition coefficient (Wildman–Crippen LogP) is 2.10. The Morgan fingerprint density at radius 1 is 1.40 bits per heavy atom. The highest BCUT2D eigenvalue weighted by molar-refractivity contribution is 5.93. The number of hydrogen-bond donors (Lipinski definition) is 2. The molecule has 2 fully saturated rings. The van der Waals surface area contributed by atoms with Gasteiger partial charge in [0.2, 0.25) is 5.43 Å². The molecule has 6 nitrogen and oxygen atoms in total. The molecule has 0 amide bonds. The lowest BCUT2D eigenvalue weighted by molar-refractivity contribution is 0.0695. The first-order valence-electron chi connectivity index (χ1n) is 8.42. The molecule has 132 valence electrons. The second-order valence-corrected chi connectivity index (χ2v) is 7.46. The van der Waals surface area contributed by atoms with E-state index < -0.39 is 17.2 Å². The molecule has 0 radical (unpaired) electrons. The molecule has 1 aromatic heterocycles. The first-order chi connectivity index (χ1) is 11.8. The number of nitrogens with zero attached hydrogens (tertiary/aromatic N) is 2. The molecule has 1 aromatic carbocycles. The molecule has 2 aliphatic rings. The summed E-state index contributed by atoms with van der Waals surface area (Å²) in [4.78, 5) is 25.7. The molecule has 1 saturated heterocycles. The zero-order chi connectivity index (χ0) is 17.9. The van der Waals surface area contributed by atoms with Gasteiger partial charge in [0.25, 0.3) is 0 Å². The van der Waals surface area contributed by atoms with Crippen LogP contribution in [-0.2, 0) is 0 Å². The number of carboxylic acids is 1. The van der Waals surface area contributed by atoms with Crippen LogP contribution < -0.4 is 16.1 Å². The van der Waals surface area contributed by atoms with Gasteiger partial charge in [-0.15, -0.1) is 0 Å². The van der Waals surface area contributed by atoms with Gasteiger partial charge in [-0.1, -0.05) is 0 Å². The number of rotatable bonds is 3. The summed E-state index contributed by atoms with van der Waals surface area (Å²) in [6, 6.07) is 3.00. The Morgan fingerprint density at radius 2 is 2.12 bits per heavy atom. The number of anilines is 1. The third-order valence-electron chi connectivity index (χ3n) is 5.12. The van der Waals surface area contributed by atoms with Gasteiger partial charge < -0.3 is 20.3 Å². The number of hydrogen-bond acceptors (Lipinski definition) is 4. The summed E-state index contributed by atoms with van der Waals surface area (Å²) >= 11 is 0. The van der Waals surface area contributed by atoms with Crippen LogP contribution in [0.3, 0.4) is 0 Å². The van der Waals surface area contributed by atoms with Crippen molar-refractivity contribution in [1.82, 2.24) is 4.57 Å². The fraction of sp³-hybridized carbons (Fsp3) is 0.444. The summed E-state index contributed by atoms with van der Waals surface area (Å²) in [5, 5.41) is 9.39. The molecule has 7 heteroatoms. The molecule has 1 saturated carbocycles. The van der Waals surface area contributed by atoms with Crippen molar-refractivity contribution >= 4 is 22.6 Å². The van der Waals surface area contributed by atoms with Crippen LogP contribution in [0.5, 0.6) is 0 Å². The highest BCUT2D eigenvalue weighted by Gasteiger charge is 2.32. The molecule has 25 heavy (non-hydrogen) atoms. The van der Waals surface area contributed by atoms with E-state index in [-0.39, 0.29) is 22.5 Å². The van der Waals surface area contributed by atoms with Crippen LogP contribution in [0.15, 0.2) is 23.1 Å². The third-order valence-corrected chi connectivity index (χ3v) is 5.12. The Kier molecular flexibility index (Phi) is 3.40. The van der Waals surface area contributed by atoms with Gasteiger partial charge in [0.05, 0.1) is 11.2 Å².